The fraction of sp³-hybridized carbons (Fsp3) is 0.385. The zero-order valence-corrected chi connectivity index (χ0v) is 10.4. The van der Waals surface area contributed by atoms with E-state index in [-0.39, 0.29) is 24.6 Å². The first kappa shape index (κ1) is 14.1. The summed E-state index contributed by atoms with van der Waals surface area (Å²) in [6, 6.07) is 6.42. The van der Waals surface area contributed by atoms with Gasteiger partial charge < -0.3 is 4.74 Å². The van der Waals surface area contributed by atoms with Gasteiger partial charge in [-0.2, -0.15) is 5.26 Å². The minimum Gasteiger partial charge on any atom is -0.465 e. The molecule has 0 bridgehead atoms. The Morgan fingerprint density at radius 1 is 1.56 bits per heavy atom. The maximum Gasteiger partial charge on any atom is 0.320 e. The number of hydrogen-bond donors (Lipinski definition) is 0. The molecule has 0 unspecified atom stereocenters. The lowest BCUT2D eigenvalue weighted by molar-refractivity contribution is -0.144. The summed E-state index contributed by atoms with van der Waals surface area (Å²) in [6.45, 7) is 2.39. The summed E-state index contributed by atoms with van der Waals surface area (Å²) in [5.74, 6) is -0.882. The molecule has 0 amide bonds. The van der Waals surface area contributed by atoms with Gasteiger partial charge in [-0.25, -0.2) is 4.39 Å². The maximum atomic E-state index is 13.8. The van der Waals surface area contributed by atoms with E-state index < -0.39 is 5.82 Å². The average Bonchev–Trinajstić information content (AvgIpc) is 2.32. The fourth-order valence-electron chi connectivity index (χ4n) is 1.56. The van der Waals surface area contributed by atoms with Gasteiger partial charge >= 0.3 is 5.97 Å². The predicted octanol–water partition coefficient (Wildman–Crippen LogP) is 1.69. The van der Waals surface area contributed by atoms with Gasteiger partial charge in [-0.3, -0.25) is 9.69 Å². The Balaban J connectivity index is 2.68. The van der Waals surface area contributed by atoms with Gasteiger partial charge in [-0.15, -0.1) is 0 Å². The molecule has 1 rings (SSSR count). The molecule has 0 atom stereocenters. The van der Waals surface area contributed by atoms with Crippen molar-refractivity contribution in [3.63, 3.8) is 0 Å². The Morgan fingerprint density at radius 3 is 2.89 bits per heavy atom. The second-order valence-electron chi connectivity index (χ2n) is 3.87. The van der Waals surface area contributed by atoms with Gasteiger partial charge in [0.2, 0.25) is 0 Å². The van der Waals surface area contributed by atoms with Crippen LogP contribution in [0, 0.1) is 17.1 Å². The van der Waals surface area contributed by atoms with E-state index in [0.717, 1.165) is 0 Å². The maximum absolute atomic E-state index is 13.8. The van der Waals surface area contributed by atoms with Crippen LogP contribution < -0.4 is 0 Å². The molecule has 0 aliphatic heterocycles. The largest absolute Gasteiger partial charge is 0.465 e. The molecule has 0 N–H and O–H groups in total. The van der Waals surface area contributed by atoms with Gasteiger partial charge in [0.25, 0.3) is 0 Å². The van der Waals surface area contributed by atoms with E-state index in [4.69, 9.17) is 10.00 Å². The molecular formula is C13H15FN2O2. The molecule has 5 heteroatoms. The zero-order chi connectivity index (χ0) is 13.5. The van der Waals surface area contributed by atoms with E-state index in [0.29, 0.717) is 12.2 Å². The van der Waals surface area contributed by atoms with Crippen molar-refractivity contribution in [2.24, 2.45) is 0 Å². The first-order valence-corrected chi connectivity index (χ1v) is 5.60. The summed E-state index contributed by atoms with van der Waals surface area (Å²) in [5.41, 5.74) is 0.401. The molecular weight excluding hydrogens is 235 g/mol. The van der Waals surface area contributed by atoms with Gasteiger partial charge in [0.15, 0.2) is 0 Å². The second kappa shape index (κ2) is 6.72. The van der Waals surface area contributed by atoms with Gasteiger partial charge in [0, 0.05) is 12.1 Å². The molecule has 0 aromatic heterocycles. The van der Waals surface area contributed by atoms with E-state index in [9.17, 15) is 9.18 Å². The number of nitriles is 1. The molecule has 0 spiro atoms. The standard InChI is InChI=1S/C13H15FN2O2/c1-3-18-12(17)9-16(2)8-11-6-4-5-10(7-15)13(11)14/h4-6H,3,8-9H2,1-2H3. The SMILES string of the molecule is CCOC(=O)CN(C)Cc1cccc(C#N)c1F. The summed E-state index contributed by atoms with van der Waals surface area (Å²) in [4.78, 5) is 12.9. The molecule has 0 fully saturated rings. The van der Waals surface area contributed by atoms with Gasteiger partial charge in [0.05, 0.1) is 18.7 Å². The third kappa shape index (κ3) is 3.82. The van der Waals surface area contributed by atoms with E-state index >= 15 is 0 Å². The van der Waals surface area contributed by atoms with Crippen LogP contribution in [-0.4, -0.2) is 31.1 Å². The molecule has 1 aromatic carbocycles. The van der Waals surface area contributed by atoms with Crippen LogP contribution in [0.3, 0.4) is 0 Å². The van der Waals surface area contributed by atoms with E-state index in [1.165, 1.54) is 6.07 Å². The highest BCUT2D eigenvalue weighted by Crippen LogP contribution is 2.13. The molecule has 0 heterocycles. The summed E-state index contributed by atoms with van der Waals surface area (Å²) in [6.07, 6.45) is 0. The number of rotatable bonds is 5. The summed E-state index contributed by atoms with van der Waals surface area (Å²) in [5, 5.41) is 8.71. The molecule has 4 nitrogen and oxygen atoms in total. The second-order valence-corrected chi connectivity index (χ2v) is 3.87. The highest BCUT2D eigenvalue weighted by Gasteiger charge is 2.12. The van der Waals surface area contributed by atoms with Gasteiger partial charge in [-0.05, 0) is 20.0 Å². The van der Waals surface area contributed by atoms with Crippen LogP contribution >= 0.6 is 0 Å². The molecule has 0 aliphatic rings. The highest BCUT2D eigenvalue weighted by atomic mass is 19.1. The number of benzene rings is 1. The molecule has 96 valence electrons. The van der Waals surface area contributed by atoms with E-state index in [1.807, 2.05) is 0 Å². The van der Waals surface area contributed by atoms with Gasteiger partial charge in [0.1, 0.15) is 11.9 Å². The highest BCUT2D eigenvalue weighted by molar-refractivity contribution is 5.71. The first-order chi connectivity index (χ1) is 8.58. The third-order valence-corrected chi connectivity index (χ3v) is 2.34. The number of esters is 1. The Bertz CT molecular complexity index is 469. The normalized spacial score (nSPS) is 10.2. The van der Waals surface area contributed by atoms with Crippen molar-refractivity contribution in [2.45, 2.75) is 13.5 Å². The van der Waals surface area contributed by atoms with Crippen molar-refractivity contribution in [1.82, 2.24) is 4.90 Å². The van der Waals surface area contributed by atoms with Crippen LogP contribution in [0.1, 0.15) is 18.1 Å². The number of carbonyl (C=O) groups is 1. The van der Waals surface area contributed by atoms with Crippen molar-refractivity contribution in [3.05, 3.63) is 35.1 Å². The monoisotopic (exact) mass is 250 g/mol. The number of hydrogen-bond acceptors (Lipinski definition) is 4. The lowest BCUT2D eigenvalue weighted by Gasteiger charge is -2.16. The minimum atomic E-state index is -0.532. The molecule has 0 aliphatic carbocycles. The van der Waals surface area contributed by atoms with Crippen molar-refractivity contribution in [2.75, 3.05) is 20.2 Å². The van der Waals surface area contributed by atoms with Crippen molar-refractivity contribution >= 4 is 5.97 Å². The van der Waals surface area contributed by atoms with Crippen LogP contribution in [0.15, 0.2) is 18.2 Å². The molecule has 1 aromatic rings. The van der Waals surface area contributed by atoms with Crippen LogP contribution in [0.5, 0.6) is 0 Å². The fourth-order valence-corrected chi connectivity index (χ4v) is 1.56. The van der Waals surface area contributed by atoms with Crippen molar-refractivity contribution in [1.29, 1.82) is 5.26 Å². The Kier molecular flexibility index (Phi) is 5.28. The zero-order valence-electron chi connectivity index (χ0n) is 10.4. The molecule has 0 radical (unpaired) electrons. The predicted molar refractivity (Wildman–Crippen MR) is 64.1 cm³/mol. The number of halogens is 1. The summed E-state index contributed by atoms with van der Waals surface area (Å²) >= 11 is 0. The molecule has 0 saturated heterocycles. The summed E-state index contributed by atoms with van der Waals surface area (Å²) < 4.78 is 18.6. The molecule has 18 heavy (non-hydrogen) atoms. The van der Waals surface area contributed by atoms with E-state index in [1.54, 1.807) is 37.1 Å². The third-order valence-electron chi connectivity index (χ3n) is 2.34. The topological polar surface area (TPSA) is 53.3 Å². The smallest absolute Gasteiger partial charge is 0.320 e. The Hall–Kier alpha value is -1.93. The average molecular weight is 250 g/mol. The Labute approximate surface area is 106 Å². The van der Waals surface area contributed by atoms with Crippen LogP contribution in [0.2, 0.25) is 0 Å². The van der Waals surface area contributed by atoms with Crippen LogP contribution in [0.25, 0.3) is 0 Å². The number of likely N-dealkylation sites (N-methyl/N-ethyl adjacent to an activating group) is 1. The number of nitrogens with zero attached hydrogens (tertiary/aromatic N) is 2. The van der Waals surface area contributed by atoms with E-state index in [2.05, 4.69) is 0 Å². The van der Waals surface area contributed by atoms with Gasteiger partial charge in [-0.1, -0.05) is 12.1 Å². The Morgan fingerprint density at radius 2 is 2.28 bits per heavy atom. The lowest BCUT2D eigenvalue weighted by Crippen LogP contribution is -2.27. The quantitative estimate of drug-likeness (QED) is 0.746. The van der Waals surface area contributed by atoms with Crippen molar-refractivity contribution in [3.8, 4) is 6.07 Å². The number of carbonyl (C=O) groups excluding carboxylic acids is 1. The first-order valence-electron chi connectivity index (χ1n) is 5.60. The minimum absolute atomic E-state index is 0.0111. The summed E-state index contributed by atoms with van der Waals surface area (Å²) in [7, 11) is 1.69. The van der Waals surface area contributed by atoms with Crippen LogP contribution in [-0.2, 0) is 16.1 Å². The van der Waals surface area contributed by atoms with Crippen molar-refractivity contribution < 1.29 is 13.9 Å². The molecule has 0 saturated carbocycles. The number of ether oxygens (including phenoxy) is 1. The van der Waals surface area contributed by atoms with Crippen LogP contribution in [0.4, 0.5) is 4.39 Å². The lowest BCUT2D eigenvalue weighted by atomic mass is 10.1.